The van der Waals surface area contributed by atoms with Gasteiger partial charge in [0.15, 0.2) is 0 Å². The van der Waals surface area contributed by atoms with E-state index in [1.54, 1.807) is 12.4 Å². The van der Waals surface area contributed by atoms with Gasteiger partial charge < -0.3 is 4.98 Å². The first kappa shape index (κ1) is 17.0. The molecule has 4 rings (SSSR count). The van der Waals surface area contributed by atoms with Gasteiger partial charge in [0, 0.05) is 38.6 Å². The largest absolute Gasteiger partial charge is 0.337 e. The quantitative estimate of drug-likeness (QED) is 0.406. The highest BCUT2D eigenvalue weighted by atomic mass is 79.9. The fraction of sp³-hybridized carbons (Fsp3) is 0.0476. The highest BCUT2D eigenvalue weighted by molar-refractivity contribution is 9.10. The zero-order chi connectivity index (χ0) is 18.1. The number of aromatic nitrogens is 3. The molecule has 0 saturated heterocycles. The first-order valence-electron chi connectivity index (χ1n) is 8.15. The van der Waals surface area contributed by atoms with Gasteiger partial charge in [0.25, 0.3) is 0 Å². The van der Waals surface area contributed by atoms with Crippen LogP contribution in [-0.2, 0) is 0 Å². The lowest BCUT2D eigenvalue weighted by Crippen LogP contribution is -1.87. The van der Waals surface area contributed by atoms with Gasteiger partial charge in [-0.1, -0.05) is 51.8 Å². The second kappa shape index (κ2) is 7.06. The van der Waals surface area contributed by atoms with Crippen molar-refractivity contribution in [1.82, 2.24) is 15.0 Å². The average molecular weight is 425 g/mol. The van der Waals surface area contributed by atoms with Crippen molar-refractivity contribution in [1.29, 1.82) is 0 Å². The predicted molar refractivity (Wildman–Crippen MR) is 110 cm³/mol. The van der Waals surface area contributed by atoms with Gasteiger partial charge >= 0.3 is 0 Å². The maximum absolute atomic E-state index is 6.06. The van der Waals surface area contributed by atoms with Crippen LogP contribution in [0.4, 0.5) is 0 Å². The summed E-state index contributed by atoms with van der Waals surface area (Å²) in [4.78, 5) is 12.6. The first-order chi connectivity index (χ1) is 12.6. The van der Waals surface area contributed by atoms with E-state index in [4.69, 9.17) is 16.6 Å². The third kappa shape index (κ3) is 3.18. The summed E-state index contributed by atoms with van der Waals surface area (Å²) in [6.07, 6.45) is 3.57. The van der Waals surface area contributed by atoms with E-state index in [0.717, 1.165) is 43.9 Å². The van der Waals surface area contributed by atoms with Crippen molar-refractivity contribution >= 4 is 27.5 Å². The number of halogens is 2. The van der Waals surface area contributed by atoms with Crippen molar-refractivity contribution in [3.63, 3.8) is 0 Å². The fourth-order valence-corrected chi connectivity index (χ4v) is 3.75. The molecule has 0 aliphatic heterocycles. The van der Waals surface area contributed by atoms with E-state index >= 15 is 0 Å². The average Bonchev–Trinajstić information content (AvgIpc) is 3.08. The number of hydrogen-bond donors (Lipinski definition) is 1. The molecule has 0 spiro atoms. The number of rotatable bonds is 3. The SMILES string of the molecule is Cc1cccc(Br)c1-c1nc(-c2ccc(Cl)cc2)c(-c2ccncc2)[nH]1. The molecule has 0 atom stereocenters. The molecule has 2 heterocycles. The summed E-state index contributed by atoms with van der Waals surface area (Å²) in [5.41, 5.74) is 6.10. The summed E-state index contributed by atoms with van der Waals surface area (Å²) in [5.74, 6) is 0.826. The van der Waals surface area contributed by atoms with Crippen LogP contribution in [0.25, 0.3) is 33.9 Å². The van der Waals surface area contributed by atoms with E-state index in [0.29, 0.717) is 5.02 Å². The van der Waals surface area contributed by atoms with Gasteiger partial charge in [-0.3, -0.25) is 4.98 Å². The number of nitrogens with zero attached hydrogens (tertiary/aromatic N) is 2. The fourth-order valence-electron chi connectivity index (χ4n) is 2.97. The van der Waals surface area contributed by atoms with Crippen LogP contribution < -0.4 is 0 Å². The lowest BCUT2D eigenvalue weighted by atomic mass is 10.1. The molecule has 0 fully saturated rings. The molecule has 2 aromatic heterocycles. The van der Waals surface area contributed by atoms with E-state index < -0.39 is 0 Å². The number of H-pyrrole nitrogens is 1. The molecule has 0 unspecified atom stereocenters. The topological polar surface area (TPSA) is 41.6 Å². The van der Waals surface area contributed by atoms with Gasteiger partial charge in [0.05, 0.1) is 11.4 Å². The van der Waals surface area contributed by atoms with E-state index in [2.05, 4.69) is 38.9 Å². The lowest BCUT2D eigenvalue weighted by molar-refractivity contribution is 1.27. The van der Waals surface area contributed by atoms with Crippen molar-refractivity contribution in [2.45, 2.75) is 6.92 Å². The van der Waals surface area contributed by atoms with Crippen molar-refractivity contribution in [2.24, 2.45) is 0 Å². The number of benzene rings is 2. The number of nitrogens with one attached hydrogen (secondary N) is 1. The van der Waals surface area contributed by atoms with Crippen molar-refractivity contribution in [2.75, 3.05) is 0 Å². The molecule has 26 heavy (non-hydrogen) atoms. The van der Waals surface area contributed by atoms with Crippen molar-refractivity contribution in [3.05, 3.63) is 82.0 Å². The molecule has 4 aromatic rings. The molecule has 3 nitrogen and oxygen atoms in total. The lowest BCUT2D eigenvalue weighted by Gasteiger charge is -2.05. The van der Waals surface area contributed by atoms with Crippen LogP contribution in [0.2, 0.25) is 5.02 Å². The zero-order valence-corrected chi connectivity index (χ0v) is 16.3. The first-order valence-corrected chi connectivity index (χ1v) is 9.32. The Hall–Kier alpha value is -2.43. The molecule has 0 bridgehead atoms. The Balaban J connectivity index is 1.95. The summed E-state index contributed by atoms with van der Waals surface area (Å²) in [7, 11) is 0. The smallest absolute Gasteiger partial charge is 0.139 e. The molecule has 0 aliphatic rings. The minimum absolute atomic E-state index is 0.705. The van der Waals surface area contributed by atoms with E-state index in [9.17, 15) is 0 Å². The molecular weight excluding hydrogens is 410 g/mol. The van der Waals surface area contributed by atoms with Crippen LogP contribution in [0.3, 0.4) is 0 Å². The van der Waals surface area contributed by atoms with Crippen molar-refractivity contribution in [3.8, 4) is 33.9 Å². The Morgan fingerprint density at radius 3 is 2.35 bits per heavy atom. The van der Waals surface area contributed by atoms with Crippen LogP contribution in [0.5, 0.6) is 0 Å². The van der Waals surface area contributed by atoms with Crippen LogP contribution in [0.15, 0.2) is 71.5 Å². The van der Waals surface area contributed by atoms with Crippen LogP contribution in [0.1, 0.15) is 5.56 Å². The molecule has 0 radical (unpaired) electrons. The molecule has 128 valence electrons. The molecule has 5 heteroatoms. The molecule has 2 aromatic carbocycles. The minimum Gasteiger partial charge on any atom is -0.337 e. The maximum atomic E-state index is 6.06. The number of imidazole rings is 1. The highest BCUT2D eigenvalue weighted by Gasteiger charge is 2.17. The Morgan fingerprint density at radius 2 is 1.65 bits per heavy atom. The zero-order valence-electron chi connectivity index (χ0n) is 14.0. The number of aryl methyl sites for hydroxylation is 1. The monoisotopic (exact) mass is 423 g/mol. The van der Waals surface area contributed by atoms with Crippen LogP contribution >= 0.6 is 27.5 Å². The summed E-state index contributed by atoms with van der Waals surface area (Å²) >= 11 is 9.71. The summed E-state index contributed by atoms with van der Waals surface area (Å²) < 4.78 is 1.01. The molecule has 0 saturated carbocycles. The van der Waals surface area contributed by atoms with Gasteiger partial charge in [0.1, 0.15) is 5.82 Å². The van der Waals surface area contributed by atoms with Gasteiger partial charge in [-0.25, -0.2) is 4.98 Å². The summed E-state index contributed by atoms with van der Waals surface area (Å²) in [6.45, 7) is 2.08. The molecule has 0 amide bonds. The van der Waals surface area contributed by atoms with Crippen molar-refractivity contribution < 1.29 is 0 Å². The normalized spacial score (nSPS) is 10.9. The van der Waals surface area contributed by atoms with Gasteiger partial charge in [0.2, 0.25) is 0 Å². The second-order valence-corrected chi connectivity index (χ2v) is 7.27. The Labute approximate surface area is 165 Å². The third-order valence-corrected chi connectivity index (χ3v) is 5.16. The highest BCUT2D eigenvalue weighted by Crippen LogP contribution is 2.36. The van der Waals surface area contributed by atoms with E-state index in [1.807, 2.05) is 48.5 Å². The number of pyridine rings is 1. The van der Waals surface area contributed by atoms with Gasteiger partial charge in [-0.15, -0.1) is 0 Å². The summed E-state index contributed by atoms with van der Waals surface area (Å²) in [6, 6.07) is 17.8. The van der Waals surface area contributed by atoms with Gasteiger partial charge in [-0.05, 0) is 42.8 Å². The van der Waals surface area contributed by atoms with E-state index in [1.165, 1.54) is 0 Å². The Bertz CT molecular complexity index is 1040. The standard InChI is InChI=1S/C21H15BrClN3/c1-13-3-2-4-17(22)18(13)21-25-19(14-5-7-16(23)8-6-14)20(26-21)15-9-11-24-12-10-15/h2-12H,1H3,(H,25,26). The molecule has 0 aliphatic carbocycles. The number of aromatic amines is 1. The number of hydrogen-bond acceptors (Lipinski definition) is 2. The Kier molecular flexibility index (Phi) is 4.62. The van der Waals surface area contributed by atoms with Crippen LogP contribution in [0, 0.1) is 6.92 Å². The minimum atomic E-state index is 0.705. The maximum Gasteiger partial charge on any atom is 0.139 e. The Morgan fingerprint density at radius 1 is 0.923 bits per heavy atom. The van der Waals surface area contributed by atoms with E-state index in [-0.39, 0.29) is 0 Å². The predicted octanol–water partition coefficient (Wildman–Crippen LogP) is 6.53. The summed E-state index contributed by atoms with van der Waals surface area (Å²) in [5, 5.41) is 0.705. The molecule has 1 N–H and O–H groups in total. The van der Waals surface area contributed by atoms with Crippen LogP contribution in [-0.4, -0.2) is 15.0 Å². The van der Waals surface area contributed by atoms with Gasteiger partial charge in [-0.2, -0.15) is 0 Å². The third-order valence-electron chi connectivity index (χ3n) is 4.25. The molecular formula is C21H15BrClN3. The second-order valence-electron chi connectivity index (χ2n) is 5.98.